The van der Waals surface area contributed by atoms with Crippen LogP contribution in [0.5, 0.6) is 5.75 Å². The summed E-state index contributed by atoms with van der Waals surface area (Å²) in [6.07, 6.45) is 0. The van der Waals surface area contributed by atoms with Crippen LogP contribution in [-0.2, 0) is 14.8 Å². The molecule has 2 aromatic carbocycles. The normalized spacial score (nSPS) is 15.1. The zero-order valence-electron chi connectivity index (χ0n) is 15.5. The van der Waals surface area contributed by atoms with Gasteiger partial charge in [0.2, 0.25) is 15.9 Å². The van der Waals surface area contributed by atoms with Gasteiger partial charge in [-0.25, -0.2) is 8.42 Å². The molecule has 1 heterocycles. The molecule has 8 nitrogen and oxygen atoms in total. The second-order valence-corrected chi connectivity index (χ2v) is 8.79. The predicted octanol–water partition coefficient (Wildman–Crippen LogP) is 1.35. The number of hydrogen-bond acceptors (Lipinski definition) is 5. The monoisotopic (exact) mass is 437 g/mol. The maximum atomic E-state index is 12.7. The quantitative estimate of drug-likeness (QED) is 0.733. The molecule has 2 N–H and O–H groups in total. The molecule has 10 heteroatoms. The van der Waals surface area contributed by atoms with Crippen molar-refractivity contribution in [2.75, 3.05) is 32.8 Å². The van der Waals surface area contributed by atoms with Gasteiger partial charge in [0.05, 0.1) is 4.90 Å². The van der Waals surface area contributed by atoms with Gasteiger partial charge in [-0.2, -0.15) is 4.31 Å². The fraction of sp³-hybridized carbons (Fsp3) is 0.263. The number of primary amides is 1. The van der Waals surface area contributed by atoms with Crippen molar-refractivity contribution in [3.63, 3.8) is 0 Å². The van der Waals surface area contributed by atoms with E-state index in [1.807, 2.05) is 0 Å². The van der Waals surface area contributed by atoms with Crippen molar-refractivity contribution in [2.45, 2.75) is 4.90 Å². The standard InChI is InChI=1S/C19H20ClN3O5S/c20-15-2-1-3-17(12-15)29(26,27)23-10-8-22(9-11-23)18(24)13-28-16-6-4-14(5-7-16)19(21)25/h1-7,12H,8-11,13H2,(H2,21,25). The number of halogens is 1. The largest absolute Gasteiger partial charge is 0.484 e. The lowest BCUT2D eigenvalue weighted by Gasteiger charge is -2.34. The highest BCUT2D eigenvalue weighted by Gasteiger charge is 2.30. The highest BCUT2D eigenvalue weighted by atomic mass is 35.5. The third-order valence-corrected chi connectivity index (χ3v) is 6.66. The van der Waals surface area contributed by atoms with Gasteiger partial charge in [0.15, 0.2) is 6.61 Å². The van der Waals surface area contributed by atoms with Crippen molar-refractivity contribution in [1.82, 2.24) is 9.21 Å². The highest BCUT2D eigenvalue weighted by molar-refractivity contribution is 7.89. The highest BCUT2D eigenvalue weighted by Crippen LogP contribution is 2.21. The van der Waals surface area contributed by atoms with Crippen LogP contribution >= 0.6 is 11.6 Å². The third kappa shape index (κ3) is 5.06. The molecule has 2 amide bonds. The number of sulfonamides is 1. The topological polar surface area (TPSA) is 110 Å². The summed E-state index contributed by atoms with van der Waals surface area (Å²) in [5.41, 5.74) is 5.52. The van der Waals surface area contributed by atoms with Crippen molar-refractivity contribution in [3.05, 3.63) is 59.1 Å². The number of nitrogens with two attached hydrogens (primary N) is 1. The summed E-state index contributed by atoms with van der Waals surface area (Å²) in [6, 6.07) is 12.2. The van der Waals surface area contributed by atoms with Crippen molar-refractivity contribution in [2.24, 2.45) is 5.73 Å². The summed E-state index contributed by atoms with van der Waals surface area (Å²) in [5, 5.41) is 0.348. The molecule has 0 spiro atoms. The van der Waals surface area contributed by atoms with Crippen molar-refractivity contribution >= 4 is 33.4 Å². The second kappa shape index (κ2) is 8.81. The van der Waals surface area contributed by atoms with Crippen LogP contribution in [0.25, 0.3) is 0 Å². The number of benzene rings is 2. The van der Waals surface area contributed by atoms with E-state index in [9.17, 15) is 18.0 Å². The van der Waals surface area contributed by atoms with Gasteiger partial charge in [0.1, 0.15) is 5.75 Å². The Kier molecular flexibility index (Phi) is 6.41. The van der Waals surface area contributed by atoms with Crippen LogP contribution in [0.4, 0.5) is 0 Å². The van der Waals surface area contributed by atoms with Crippen molar-refractivity contribution in [1.29, 1.82) is 0 Å². The molecule has 0 radical (unpaired) electrons. The van der Waals surface area contributed by atoms with E-state index in [0.717, 1.165) is 0 Å². The Morgan fingerprint density at radius 1 is 1.03 bits per heavy atom. The molecule has 0 aliphatic carbocycles. The molecule has 1 aliphatic heterocycles. The first-order chi connectivity index (χ1) is 13.8. The number of piperazine rings is 1. The minimum atomic E-state index is -3.66. The zero-order valence-corrected chi connectivity index (χ0v) is 17.0. The SMILES string of the molecule is NC(=O)c1ccc(OCC(=O)N2CCN(S(=O)(=O)c3cccc(Cl)c3)CC2)cc1. The van der Waals surface area contributed by atoms with Crippen LogP contribution in [0, 0.1) is 0 Å². The zero-order chi connectivity index (χ0) is 21.0. The summed E-state index contributed by atoms with van der Waals surface area (Å²) < 4.78 is 32.2. The lowest BCUT2D eigenvalue weighted by atomic mass is 10.2. The van der Waals surface area contributed by atoms with Gasteiger partial charge in [-0.1, -0.05) is 17.7 Å². The Morgan fingerprint density at radius 2 is 1.69 bits per heavy atom. The number of nitrogens with zero attached hydrogens (tertiary/aromatic N) is 2. The minimum Gasteiger partial charge on any atom is -0.484 e. The predicted molar refractivity (Wildman–Crippen MR) is 107 cm³/mol. The van der Waals surface area contributed by atoms with Crippen LogP contribution in [0.2, 0.25) is 5.02 Å². The van der Waals surface area contributed by atoms with Crippen LogP contribution in [-0.4, -0.2) is 62.2 Å². The molecule has 1 aliphatic rings. The van der Waals surface area contributed by atoms with E-state index >= 15 is 0 Å². The van der Waals surface area contributed by atoms with E-state index in [1.165, 1.54) is 28.6 Å². The van der Waals surface area contributed by atoms with Gasteiger partial charge in [0, 0.05) is 36.8 Å². The van der Waals surface area contributed by atoms with Gasteiger partial charge in [-0.3, -0.25) is 9.59 Å². The van der Waals surface area contributed by atoms with Crippen LogP contribution in [0.1, 0.15) is 10.4 Å². The summed E-state index contributed by atoms with van der Waals surface area (Å²) >= 11 is 5.89. The first kappa shape index (κ1) is 21.1. The number of rotatable bonds is 6. The molecule has 0 aromatic heterocycles. The van der Waals surface area contributed by atoms with Crippen LogP contribution in [0.15, 0.2) is 53.4 Å². The fourth-order valence-electron chi connectivity index (χ4n) is 2.91. The molecule has 1 saturated heterocycles. The Bertz CT molecular complexity index is 1000. The Labute approximate surface area is 173 Å². The van der Waals surface area contributed by atoms with Crippen molar-refractivity contribution < 1.29 is 22.7 Å². The Hall–Kier alpha value is -2.62. The number of carbonyl (C=O) groups excluding carboxylic acids is 2. The average Bonchev–Trinajstić information content (AvgIpc) is 2.72. The van der Waals surface area contributed by atoms with Gasteiger partial charge in [-0.15, -0.1) is 0 Å². The second-order valence-electron chi connectivity index (χ2n) is 6.42. The lowest BCUT2D eigenvalue weighted by molar-refractivity contribution is -0.134. The molecule has 2 aromatic rings. The third-order valence-electron chi connectivity index (χ3n) is 4.53. The van der Waals surface area contributed by atoms with Gasteiger partial charge in [0.25, 0.3) is 5.91 Å². The molecule has 29 heavy (non-hydrogen) atoms. The van der Waals surface area contributed by atoms with E-state index in [4.69, 9.17) is 22.1 Å². The van der Waals surface area contributed by atoms with E-state index in [2.05, 4.69) is 0 Å². The Balaban J connectivity index is 1.53. The summed E-state index contributed by atoms with van der Waals surface area (Å²) in [7, 11) is -3.66. The molecule has 0 atom stereocenters. The minimum absolute atomic E-state index is 0.132. The molecule has 3 rings (SSSR count). The smallest absolute Gasteiger partial charge is 0.260 e. The first-order valence-electron chi connectivity index (χ1n) is 8.83. The van der Waals surface area contributed by atoms with Crippen LogP contribution < -0.4 is 10.5 Å². The van der Waals surface area contributed by atoms with Gasteiger partial charge >= 0.3 is 0 Å². The summed E-state index contributed by atoms with van der Waals surface area (Å²) in [6.45, 7) is 0.726. The maximum absolute atomic E-state index is 12.7. The lowest BCUT2D eigenvalue weighted by Crippen LogP contribution is -2.51. The molecule has 1 fully saturated rings. The molecule has 0 bridgehead atoms. The summed E-state index contributed by atoms with van der Waals surface area (Å²) in [4.78, 5) is 25.1. The van der Waals surface area contributed by atoms with E-state index in [1.54, 1.807) is 29.2 Å². The fourth-order valence-corrected chi connectivity index (χ4v) is 4.63. The number of hydrogen-bond donors (Lipinski definition) is 1. The van der Waals surface area contributed by atoms with Gasteiger partial charge in [-0.05, 0) is 42.5 Å². The summed E-state index contributed by atoms with van der Waals surface area (Å²) in [5.74, 6) is -0.354. The maximum Gasteiger partial charge on any atom is 0.260 e. The average molecular weight is 438 g/mol. The molecular formula is C19H20ClN3O5S. The van der Waals surface area contributed by atoms with Gasteiger partial charge < -0.3 is 15.4 Å². The molecular weight excluding hydrogens is 418 g/mol. The number of amides is 2. The van der Waals surface area contributed by atoms with Crippen molar-refractivity contribution in [3.8, 4) is 5.75 Å². The number of carbonyl (C=O) groups is 2. The van der Waals surface area contributed by atoms with Crippen LogP contribution in [0.3, 0.4) is 0 Å². The molecule has 0 saturated carbocycles. The Morgan fingerprint density at radius 3 is 2.28 bits per heavy atom. The van der Waals surface area contributed by atoms with E-state index in [-0.39, 0.29) is 43.6 Å². The number of ether oxygens (including phenoxy) is 1. The van der Waals surface area contributed by atoms with E-state index < -0.39 is 15.9 Å². The van der Waals surface area contributed by atoms with E-state index in [0.29, 0.717) is 16.3 Å². The molecule has 0 unspecified atom stereocenters. The molecule has 154 valence electrons. The first-order valence-corrected chi connectivity index (χ1v) is 10.7.